The smallest absolute Gasteiger partial charge is 0.224 e. The Morgan fingerprint density at radius 1 is 1.04 bits per heavy atom. The van der Waals surface area contributed by atoms with Crippen LogP contribution in [0.1, 0.15) is 24.8 Å². The Morgan fingerprint density at radius 3 is 2.43 bits per heavy atom. The van der Waals surface area contributed by atoms with Gasteiger partial charge in [-0.05, 0) is 49.1 Å². The molecule has 2 aromatic carbocycles. The van der Waals surface area contributed by atoms with Crippen molar-refractivity contribution in [1.82, 2.24) is 0 Å². The van der Waals surface area contributed by atoms with Crippen LogP contribution >= 0.6 is 0 Å². The number of benzene rings is 2. The first-order chi connectivity index (χ1) is 11.1. The van der Waals surface area contributed by atoms with Gasteiger partial charge in [-0.25, -0.2) is 0 Å². The van der Waals surface area contributed by atoms with Gasteiger partial charge in [-0.15, -0.1) is 0 Å². The molecule has 0 atom stereocenters. The summed E-state index contributed by atoms with van der Waals surface area (Å²) in [5.41, 5.74) is 9.60. The van der Waals surface area contributed by atoms with E-state index in [-0.39, 0.29) is 5.91 Å². The monoisotopic (exact) mass is 311 g/mol. The zero-order valence-corrected chi connectivity index (χ0v) is 13.9. The van der Waals surface area contributed by atoms with E-state index in [1.54, 1.807) is 0 Å². The fourth-order valence-corrected chi connectivity index (χ4v) is 2.48. The van der Waals surface area contributed by atoms with Gasteiger partial charge in [0.2, 0.25) is 5.91 Å². The Labute approximate surface area is 138 Å². The molecule has 23 heavy (non-hydrogen) atoms. The lowest BCUT2D eigenvalue weighted by atomic mass is 10.1. The van der Waals surface area contributed by atoms with E-state index in [9.17, 15) is 4.79 Å². The van der Waals surface area contributed by atoms with Gasteiger partial charge >= 0.3 is 0 Å². The van der Waals surface area contributed by atoms with E-state index in [0.717, 1.165) is 36.3 Å². The van der Waals surface area contributed by atoms with Crippen molar-refractivity contribution in [2.45, 2.75) is 25.7 Å². The number of nitrogens with two attached hydrogens (primary N) is 1. The number of nitrogens with zero attached hydrogens (tertiary/aromatic N) is 1. The molecule has 0 fully saturated rings. The maximum atomic E-state index is 12.1. The molecule has 1 amide bonds. The van der Waals surface area contributed by atoms with E-state index in [1.807, 2.05) is 67.5 Å². The van der Waals surface area contributed by atoms with Crippen molar-refractivity contribution in [3.05, 3.63) is 54.1 Å². The van der Waals surface area contributed by atoms with Crippen molar-refractivity contribution < 1.29 is 4.79 Å². The number of amides is 1. The highest BCUT2D eigenvalue weighted by atomic mass is 16.1. The molecule has 0 aliphatic heterocycles. The second-order valence-corrected chi connectivity index (χ2v) is 5.91. The second kappa shape index (κ2) is 8.22. The van der Waals surface area contributed by atoms with E-state index in [2.05, 4.69) is 5.32 Å². The molecule has 3 N–H and O–H groups in total. The summed E-state index contributed by atoms with van der Waals surface area (Å²) in [6.45, 7) is 0. The molecule has 0 aliphatic carbocycles. The summed E-state index contributed by atoms with van der Waals surface area (Å²) in [4.78, 5) is 14.1. The van der Waals surface area contributed by atoms with Gasteiger partial charge in [0.25, 0.3) is 0 Å². The number of rotatable bonds is 7. The fourth-order valence-electron chi connectivity index (χ4n) is 2.48. The van der Waals surface area contributed by atoms with Crippen LogP contribution in [0, 0.1) is 0 Å². The highest BCUT2D eigenvalue weighted by Crippen LogP contribution is 2.23. The average molecular weight is 311 g/mol. The van der Waals surface area contributed by atoms with E-state index < -0.39 is 0 Å². The maximum Gasteiger partial charge on any atom is 0.224 e. The Morgan fingerprint density at radius 2 is 1.74 bits per heavy atom. The van der Waals surface area contributed by atoms with Gasteiger partial charge in [0.05, 0.1) is 11.4 Å². The standard InChI is InChI=1S/C19H25N3O/c1-22(2)18-9-5-4-8-17(18)21-19(23)10-6-3-7-15-11-13-16(20)14-12-15/h4-5,8-9,11-14H,3,6-7,10,20H2,1-2H3,(H,21,23). The van der Waals surface area contributed by atoms with E-state index in [0.29, 0.717) is 6.42 Å². The van der Waals surface area contributed by atoms with Crippen molar-refractivity contribution in [3.63, 3.8) is 0 Å². The number of aryl methyl sites for hydroxylation is 1. The average Bonchev–Trinajstić information content (AvgIpc) is 2.53. The number of hydrogen-bond donors (Lipinski definition) is 2. The molecule has 2 rings (SSSR count). The lowest BCUT2D eigenvalue weighted by Crippen LogP contribution is -2.16. The molecule has 4 heteroatoms. The van der Waals surface area contributed by atoms with Crippen LogP contribution in [0.15, 0.2) is 48.5 Å². The van der Waals surface area contributed by atoms with E-state index >= 15 is 0 Å². The first kappa shape index (κ1) is 16.9. The number of unbranched alkanes of at least 4 members (excludes halogenated alkanes) is 1. The zero-order valence-electron chi connectivity index (χ0n) is 13.9. The molecular weight excluding hydrogens is 286 g/mol. The number of hydrogen-bond acceptors (Lipinski definition) is 3. The highest BCUT2D eigenvalue weighted by molar-refractivity contribution is 5.94. The van der Waals surface area contributed by atoms with Gasteiger partial charge in [0.15, 0.2) is 0 Å². The minimum absolute atomic E-state index is 0.0663. The third-order valence-electron chi connectivity index (χ3n) is 3.76. The Bertz CT molecular complexity index is 635. The number of nitrogen functional groups attached to an aromatic ring is 1. The number of para-hydroxylation sites is 2. The molecule has 0 spiro atoms. The lowest BCUT2D eigenvalue weighted by molar-refractivity contribution is -0.116. The molecule has 0 saturated carbocycles. The molecule has 0 unspecified atom stereocenters. The van der Waals surface area contributed by atoms with E-state index in [4.69, 9.17) is 5.73 Å². The minimum atomic E-state index is 0.0663. The van der Waals surface area contributed by atoms with Crippen LogP contribution in [-0.2, 0) is 11.2 Å². The first-order valence-electron chi connectivity index (χ1n) is 7.97. The van der Waals surface area contributed by atoms with Crippen molar-refractivity contribution in [1.29, 1.82) is 0 Å². The van der Waals surface area contributed by atoms with Crippen molar-refractivity contribution in [2.75, 3.05) is 30.0 Å². The number of carbonyl (C=O) groups is 1. The Kier molecular flexibility index (Phi) is 6.03. The molecule has 0 saturated heterocycles. The largest absolute Gasteiger partial charge is 0.399 e. The highest BCUT2D eigenvalue weighted by Gasteiger charge is 2.07. The third-order valence-corrected chi connectivity index (χ3v) is 3.76. The number of anilines is 3. The van der Waals surface area contributed by atoms with Crippen LogP contribution in [-0.4, -0.2) is 20.0 Å². The molecule has 0 aromatic heterocycles. The summed E-state index contributed by atoms with van der Waals surface area (Å²) in [5.74, 6) is 0.0663. The topological polar surface area (TPSA) is 58.4 Å². The van der Waals surface area contributed by atoms with Crippen molar-refractivity contribution >= 4 is 23.0 Å². The molecule has 122 valence electrons. The summed E-state index contributed by atoms with van der Waals surface area (Å²) in [7, 11) is 3.94. The van der Waals surface area contributed by atoms with Crippen LogP contribution in [0.4, 0.5) is 17.1 Å². The van der Waals surface area contributed by atoms with Gasteiger partial charge in [0, 0.05) is 26.2 Å². The Balaban J connectivity index is 1.76. The molecule has 4 nitrogen and oxygen atoms in total. The van der Waals surface area contributed by atoms with Crippen molar-refractivity contribution in [2.24, 2.45) is 0 Å². The lowest BCUT2D eigenvalue weighted by Gasteiger charge is -2.17. The summed E-state index contributed by atoms with van der Waals surface area (Å²) < 4.78 is 0. The predicted octanol–water partition coefficient (Wildman–Crippen LogP) is 3.69. The first-order valence-corrected chi connectivity index (χ1v) is 7.97. The van der Waals surface area contributed by atoms with Crippen LogP contribution < -0.4 is 16.0 Å². The second-order valence-electron chi connectivity index (χ2n) is 5.91. The van der Waals surface area contributed by atoms with E-state index in [1.165, 1.54) is 5.56 Å². The predicted molar refractivity (Wildman–Crippen MR) is 97.8 cm³/mol. The molecule has 2 aromatic rings. The van der Waals surface area contributed by atoms with Crippen LogP contribution in [0.3, 0.4) is 0 Å². The summed E-state index contributed by atoms with van der Waals surface area (Å²) >= 11 is 0. The molecule has 0 aliphatic rings. The quantitative estimate of drug-likeness (QED) is 0.605. The van der Waals surface area contributed by atoms with Gasteiger partial charge in [-0.1, -0.05) is 24.3 Å². The maximum absolute atomic E-state index is 12.1. The minimum Gasteiger partial charge on any atom is -0.399 e. The van der Waals surface area contributed by atoms with Gasteiger partial charge in [-0.2, -0.15) is 0 Å². The third kappa shape index (κ3) is 5.33. The summed E-state index contributed by atoms with van der Waals surface area (Å²) in [5, 5.41) is 3.00. The summed E-state index contributed by atoms with van der Waals surface area (Å²) in [6, 6.07) is 15.8. The van der Waals surface area contributed by atoms with Crippen LogP contribution in [0.25, 0.3) is 0 Å². The number of nitrogens with one attached hydrogen (secondary N) is 1. The van der Waals surface area contributed by atoms with Crippen LogP contribution in [0.2, 0.25) is 0 Å². The van der Waals surface area contributed by atoms with Gasteiger partial charge < -0.3 is 16.0 Å². The number of carbonyl (C=O) groups excluding carboxylic acids is 1. The van der Waals surface area contributed by atoms with Crippen molar-refractivity contribution in [3.8, 4) is 0 Å². The molecule has 0 bridgehead atoms. The van der Waals surface area contributed by atoms with Gasteiger partial charge in [-0.3, -0.25) is 4.79 Å². The van der Waals surface area contributed by atoms with Crippen LogP contribution in [0.5, 0.6) is 0 Å². The fraction of sp³-hybridized carbons (Fsp3) is 0.316. The van der Waals surface area contributed by atoms with Gasteiger partial charge in [0.1, 0.15) is 0 Å². The SMILES string of the molecule is CN(C)c1ccccc1NC(=O)CCCCc1ccc(N)cc1. The Hall–Kier alpha value is -2.49. The normalized spacial score (nSPS) is 10.3. The zero-order chi connectivity index (χ0) is 16.7. The molecule has 0 radical (unpaired) electrons. The summed E-state index contributed by atoms with van der Waals surface area (Å²) in [6.07, 6.45) is 3.38. The molecular formula is C19H25N3O. The molecule has 0 heterocycles.